The number of ether oxygens (including phenoxy) is 1. The minimum absolute atomic E-state index is 0.308. The van der Waals surface area contributed by atoms with Crippen LogP contribution in [0, 0.1) is 5.92 Å². The van der Waals surface area contributed by atoms with Crippen molar-refractivity contribution in [3.63, 3.8) is 0 Å². The van der Waals surface area contributed by atoms with Crippen molar-refractivity contribution >= 4 is 52.4 Å². The lowest BCUT2D eigenvalue weighted by Gasteiger charge is -2.29. The zero-order valence-electron chi connectivity index (χ0n) is 17.9. The standard InChI is InChI=1S/C25H18Cl2N2O5/c1-33-25(32)14-7-10-16(11-8-14)28-23(30)20-21(18-12-9-15(26)13-19(18)27)29(34-22(20)24(28)31)17-5-3-2-4-6-17/h2-13,20-22H,1H3/t20-,21+,22+/m1/s1. The number of hydrogen-bond donors (Lipinski definition) is 0. The number of esters is 1. The maximum absolute atomic E-state index is 13.6. The Balaban J connectivity index is 1.55. The van der Waals surface area contributed by atoms with Gasteiger partial charge in [0, 0.05) is 10.0 Å². The highest BCUT2D eigenvalue weighted by molar-refractivity contribution is 6.35. The number of carbonyl (C=O) groups excluding carboxylic acids is 3. The molecule has 0 radical (unpaired) electrons. The van der Waals surface area contributed by atoms with Gasteiger partial charge in [-0.1, -0.05) is 47.5 Å². The number of carbonyl (C=O) groups is 3. The van der Waals surface area contributed by atoms with Crippen LogP contribution in [0.1, 0.15) is 22.0 Å². The summed E-state index contributed by atoms with van der Waals surface area (Å²) in [6, 6.07) is 19.6. The molecule has 9 heteroatoms. The summed E-state index contributed by atoms with van der Waals surface area (Å²) >= 11 is 12.6. The molecule has 0 unspecified atom stereocenters. The number of hydroxylamine groups is 1. The molecule has 3 aromatic rings. The summed E-state index contributed by atoms with van der Waals surface area (Å²) < 4.78 is 4.71. The lowest BCUT2D eigenvalue weighted by atomic mass is 9.90. The van der Waals surface area contributed by atoms with Crippen molar-refractivity contribution in [1.29, 1.82) is 0 Å². The summed E-state index contributed by atoms with van der Waals surface area (Å²) in [5.74, 6) is -2.27. The predicted molar refractivity (Wildman–Crippen MR) is 127 cm³/mol. The molecular formula is C25H18Cl2N2O5. The third-order valence-corrected chi connectivity index (χ3v) is 6.52. The monoisotopic (exact) mass is 496 g/mol. The number of fused-ring (bicyclic) bond motifs is 1. The fourth-order valence-corrected chi connectivity index (χ4v) is 4.91. The molecule has 0 saturated carbocycles. The first kappa shape index (κ1) is 22.4. The summed E-state index contributed by atoms with van der Waals surface area (Å²) in [4.78, 5) is 46.0. The topological polar surface area (TPSA) is 76.2 Å². The first-order valence-electron chi connectivity index (χ1n) is 10.4. The van der Waals surface area contributed by atoms with E-state index in [4.69, 9.17) is 32.8 Å². The van der Waals surface area contributed by atoms with Gasteiger partial charge in [-0.25, -0.2) is 14.8 Å². The zero-order chi connectivity index (χ0) is 24.0. The molecule has 3 aromatic carbocycles. The zero-order valence-corrected chi connectivity index (χ0v) is 19.4. The van der Waals surface area contributed by atoms with Crippen LogP contribution in [0.2, 0.25) is 10.0 Å². The highest BCUT2D eigenvalue weighted by Gasteiger charge is 2.60. The fourth-order valence-electron chi connectivity index (χ4n) is 4.39. The van der Waals surface area contributed by atoms with E-state index in [-0.39, 0.29) is 0 Å². The average molecular weight is 497 g/mol. The van der Waals surface area contributed by atoms with Crippen LogP contribution in [0.5, 0.6) is 0 Å². The van der Waals surface area contributed by atoms with Crippen molar-refractivity contribution in [2.75, 3.05) is 17.1 Å². The second kappa shape index (κ2) is 8.76. The normalized spacial score (nSPS) is 21.7. The van der Waals surface area contributed by atoms with Gasteiger partial charge in [-0.15, -0.1) is 0 Å². The number of imide groups is 1. The van der Waals surface area contributed by atoms with E-state index in [2.05, 4.69) is 0 Å². The van der Waals surface area contributed by atoms with Gasteiger partial charge in [0.1, 0.15) is 5.92 Å². The quantitative estimate of drug-likeness (QED) is 0.380. The van der Waals surface area contributed by atoms with Crippen molar-refractivity contribution in [3.05, 3.63) is 94.0 Å². The van der Waals surface area contributed by atoms with Gasteiger partial charge < -0.3 is 4.74 Å². The maximum Gasteiger partial charge on any atom is 0.337 e. The van der Waals surface area contributed by atoms with Crippen molar-refractivity contribution in [2.24, 2.45) is 5.92 Å². The second-order valence-corrected chi connectivity index (χ2v) is 8.72. The Morgan fingerprint density at radius 2 is 1.62 bits per heavy atom. The number of nitrogens with zero attached hydrogens (tertiary/aromatic N) is 2. The number of anilines is 2. The molecule has 172 valence electrons. The Morgan fingerprint density at radius 3 is 2.26 bits per heavy atom. The molecule has 0 bridgehead atoms. The molecule has 2 aliphatic rings. The first-order chi connectivity index (χ1) is 16.4. The van der Waals surface area contributed by atoms with Gasteiger partial charge in [0.25, 0.3) is 5.91 Å². The predicted octanol–water partition coefficient (Wildman–Crippen LogP) is 4.83. The second-order valence-electron chi connectivity index (χ2n) is 7.87. The minimum atomic E-state index is -1.04. The van der Waals surface area contributed by atoms with Gasteiger partial charge >= 0.3 is 5.97 Å². The van der Waals surface area contributed by atoms with Crippen LogP contribution in [-0.2, 0) is 19.2 Å². The smallest absolute Gasteiger partial charge is 0.337 e. The van der Waals surface area contributed by atoms with Gasteiger partial charge in [-0.05, 0) is 54.1 Å². The molecule has 0 spiro atoms. The van der Waals surface area contributed by atoms with Crippen molar-refractivity contribution < 1.29 is 24.0 Å². The van der Waals surface area contributed by atoms with E-state index >= 15 is 0 Å². The molecule has 7 nitrogen and oxygen atoms in total. The largest absolute Gasteiger partial charge is 0.465 e. The molecular weight excluding hydrogens is 479 g/mol. The Morgan fingerprint density at radius 1 is 0.912 bits per heavy atom. The molecule has 2 aliphatic heterocycles. The van der Waals surface area contributed by atoms with E-state index in [1.54, 1.807) is 23.3 Å². The molecule has 2 heterocycles. The summed E-state index contributed by atoms with van der Waals surface area (Å²) in [5.41, 5.74) is 1.95. The van der Waals surface area contributed by atoms with Gasteiger partial charge in [0.05, 0.1) is 30.1 Å². The lowest BCUT2D eigenvalue weighted by molar-refractivity contribution is -0.126. The molecule has 0 aliphatic carbocycles. The molecule has 2 amide bonds. The molecule has 3 atom stereocenters. The number of para-hydroxylation sites is 1. The summed E-state index contributed by atoms with van der Waals surface area (Å²) in [7, 11) is 1.28. The Labute approximate surface area is 205 Å². The third-order valence-electron chi connectivity index (χ3n) is 5.95. The highest BCUT2D eigenvalue weighted by Crippen LogP contribution is 2.49. The Bertz CT molecular complexity index is 1280. The Hall–Kier alpha value is -3.39. The summed E-state index contributed by atoms with van der Waals surface area (Å²) in [6.45, 7) is 0. The number of rotatable bonds is 4. The Kier molecular flexibility index (Phi) is 5.77. The van der Waals surface area contributed by atoms with Crippen LogP contribution in [0.4, 0.5) is 11.4 Å². The lowest BCUT2D eigenvalue weighted by Crippen LogP contribution is -2.37. The highest BCUT2D eigenvalue weighted by atomic mass is 35.5. The molecule has 0 N–H and O–H groups in total. The van der Waals surface area contributed by atoms with Crippen molar-refractivity contribution in [2.45, 2.75) is 12.1 Å². The first-order valence-corrected chi connectivity index (χ1v) is 11.2. The van der Waals surface area contributed by atoms with E-state index in [0.717, 1.165) is 4.90 Å². The summed E-state index contributed by atoms with van der Waals surface area (Å²) in [6.07, 6.45) is -1.04. The molecule has 34 heavy (non-hydrogen) atoms. The average Bonchev–Trinajstić information content (AvgIpc) is 3.35. The van der Waals surface area contributed by atoms with Gasteiger partial charge in [0.2, 0.25) is 5.91 Å². The molecule has 0 aromatic heterocycles. The number of amides is 2. The summed E-state index contributed by atoms with van der Waals surface area (Å²) in [5, 5.41) is 2.39. The van der Waals surface area contributed by atoms with E-state index in [0.29, 0.717) is 32.5 Å². The van der Waals surface area contributed by atoms with E-state index in [1.165, 1.54) is 31.4 Å². The van der Waals surface area contributed by atoms with Crippen LogP contribution in [-0.4, -0.2) is 31.0 Å². The third kappa shape index (κ3) is 3.62. The van der Waals surface area contributed by atoms with Crippen molar-refractivity contribution in [3.8, 4) is 0 Å². The molecule has 5 rings (SSSR count). The SMILES string of the molecule is COC(=O)c1ccc(N2C(=O)[C@H]3[C@H](ON(c4ccccc4)[C@H]3c3ccc(Cl)cc3Cl)C2=O)cc1. The van der Waals surface area contributed by atoms with Crippen LogP contribution in [0.3, 0.4) is 0 Å². The van der Waals surface area contributed by atoms with Gasteiger partial charge in [-0.3, -0.25) is 14.4 Å². The van der Waals surface area contributed by atoms with Gasteiger partial charge in [-0.2, -0.15) is 0 Å². The fraction of sp³-hybridized carbons (Fsp3) is 0.160. The number of benzene rings is 3. The number of hydrogen-bond acceptors (Lipinski definition) is 6. The molecule has 2 saturated heterocycles. The van der Waals surface area contributed by atoms with E-state index < -0.39 is 35.8 Å². The van der Waals surface area contributed by atoms with Gasteiger partial charge in [0.15, 0.2) is 6.10 Å². The molecule has 2 fully saturated rings. The maximum atomic E-state index is 13.6. The van der Waals surface area contributed by atoms with Crippen LogP contribution < -0.4 is 9.96 Å². The number of halogens is 2. The minimum Gasteiger partial charge on any atom is -0.465 e. The van der Waals surface area contributed by atoms with Crippen LogP contribution >= 0.6 is 23.2 Å². The van der Waals surface area contributed by atoms with Crippen molar-refractivity contribution in [1.82, 2.24) is 0 Å². The van der Waals surface area contributed by atoms with E-state index in [1.807, 2.05) is 30.3 Å². The van der Waals surface area contributed by atoms with Crippen LogP contribution in [0.25, 0.3) is 0 Å². The number of methoxy groups -OCH3 is 1. The van der Waals surface area contributed by atoms with E-state index in [9.17, 15) is 14.4 Å². The van der Waals surface area contributed by atoms with Crippen LogP contribution in [0.15, 0.2) is 72.8 Å².